The maximum absolute atomic E-state index is 12.3. The smallest absolute Gasteiger partial charge is 0.263 e. The van der Waals surface area contributed by atoms with Crippen molar-refractivity contribution in [3.05, 3.63) is 59.7 Å². The van der Waals surface area contributed by atoms with Crippen molar-refractivity contribution in [1.82, 2.24) is 0 Å². The highest BCUT2D eigenvalue weighted by Crippen LogP contribution is 2.20. The van der Waals surface area contributed by atoms with Gasteiger partial charge in [0.1, 0.15) is 11.0 Å². The Morgan fingerprint density at radius 3 is 2.60 bits per heavy atom. The van der Waals surface area contributed by atoms with Gasteiger partial charge in [-0.2, -0.15) is 5.26 Å². The van der Waals surface area contributed by atoms with Crippen LogP contribution in [0.1, 0.15) is 18.1 Å². The number of hydrogen-bond acceptors (Lipinski definition) is 3. The summed E-state index contributed by atoms with van der Waals surface area (Å²) in [5.41, 5.74) is 1.67. The lowest BCUT2D eigenvalue weighted by Crippen LogP contribution is -2.14. The highest BCUT2D eigenvalue weighted by Gasteiger charge is 2.18. The number of nitrogens with zero attached hydrogens (tertiary/aromatic N) is 1. The molecule has 102 valence electrons. The lowest BCUT2D eigenvalue weighted by Gasteiger charge is -2.10. The van der Waals surface area contributed by atoms with E-state index in [1.807, 2.05) is 19.1 Å². The quantitative estimate of drug-likeness (QED) is 0.939. The van der Waals surface area contributed by atoms with Crippen LogP contribution < -0.4 is 4.72 Å². The van der Waals surface area contributed by atoms with Crippen molar-refractivity contribution in [2.75, 3.05) is 4.72 Å². The predicted octanol–water partition coefficient (Wildman–Crippen LogP) is 2.92. The molecular formula is C15H14N2O2S. The van der Waals surface area contributed by atoms with Gasteiger partial charge in [0.2, 0.25) is 0 Å². The van der Waals surface area contributed by atoms with Gasteiger partial charge in [-0.25, -0.2) is 8.42 Å². The Kier molecular flexibility index (Phi) is 4.06. The van der Waals surface area contributed by atoms with E-state index in [-0.39, 0.29) is 10.5 Å². The molecule has 0 aliphatic rings. The summed E-state index contributed by atoms with van der Waals surface area (Å²) < 4.78 is 27.1. The Labute approximate surface area is 118 Å². The van der Waals surface area contributed by atoms with Gasteiger partial charge >= 0.3 is 0 Å². The molecule has 0 saturated heterocycles. The lowest BCUT2D eigenvalue weighted by atomic mass is 10.1. The summed E-state index contributed by atoms with van der Waals surface area (Å²) in [7, 11) is -3.75. The zero-order valence-corrected chi connectivity index (χ0v) is 11.8. The Balaban J connectivity index is 2.39. The van der Waals surface area contributed by atoms with Gasteiger partial charge in [-0.3, -0.25) is 4.72 Å². The standard InChI is InChI=1S/C15H14N2O2S/c1-2-12-6-5-8-14(10-12)17-20(18,19)15-9-4-3-7-13(15)11-16/h3-10,17H,2H2,1H3. The van der Waals surface area contributed by atoms with E-state index in [9.17, 15) is 8.42 Å². The van der Waals surface area contributed by atoms with Gasteiger partial charge in [0.05, 0.1) is 5.56 Å². The molecule has 20 heavy (non-hydrogen) atoms. The second-order valence-corrected chi connectivity index (χ2v) is 5.92. The van der Waals surface area contributed by atoms with Crippen LogP contribution in [0.15, 0.2) is 53.4 Å². The second kappa shape index (κ2) is 5.76. The fourth-order valence-electron chi connectivity index (χ4n) is 1.86. The highest BCUT2D eigenvalue weighted by atomic mass is 32.2. The summed E-state index contributed by atoms with van der Waals surface area (Å²) >= 11 is 0. The molecule has 2 rings (SSSR count). The monoisotopic (exact) mass is 286 g/mol. The van der Waals surface area contributed by atoms with Gasteiger partial charge in [0.25, 0.3) is 10.0 Å². The number of benzene rings is 2. The highest BCUT2D eigenvalue weighted by molar-refractivity contribution is 7.92. The minimum Gasteiger partial charge on any atom is -0.280 e. The van der Waals surface area contributed by atoms with E-state index in [0.717, 1.165) is 12.0 Å². The molecule has 0 fully saturated rings. The van der Waals surface area contributed by atoms with Crippen LogP contribution in [0.2, 0.25) is 0 Å². The van der Waals surface area contributed by atoms with Gasteiger partial charge < -0.3 is 0 Å². The summed E-state index contributed by atoms with van der Waals surface area (Å²) in [4.78, 5) is -0.00981. The molecule has 2 aromatic carbocycles. The predicted molar refractivity (Wildman–Crippen MR) is 77.8 cm³/mol. The summed E-state index contributed by atoms with van der Waals surface area (Å²) in [6.45, 7) is 2.00. The molecule has 0 aromatic heterocycles. The Bertz CT molecular complexity index is 761. The van der Waals surface area contributed by atoms with Crippen LogP contribution in [0.3, 0.4) is 0 Å². The number of rotatable bonds is 4. The minimum absolute atomic E-state index is 0.00981. The van der Waals surface area contributed by atoms with Crippen molar-refractivity contribution in [2.45, 2.75) is 18.2 Å². The van der Waals surface area contributed by atoms with Gasteiger partial charge in [-0.1, -0.05) is 31.2 Å². The molecule has 0 bridgehead atoms. The molecule has 0 amide bonds. The zero-order chi connectivity index (χ0) is 14.6. The first kappa shape index (κ1) is 14.1. The van der Waals surface area contributed by atoms with E-state index in [1.54, 1.807) is 30.3 Å². The average molecular weight is 286 g/mol. The molecule has 5 heteroatoms. The van der Waals surface area contributed by atoms with E-state index >= 15 is 0 Å². The number of aryl methyl sites for hydroxylation is 1. The van der Waals surface area contributed by atoms with Crippen molar-refractivity contribution in [3.8, 4) is 6.07 Å². The third-order valence-corrected chi connectivity index (χ3v) is 4.32. The van der Waals surface area contributed by atoms with Crippen LogP contribution in [0.4, 0.5) is 5.69 Å². The molecule has 0 spiro atoms. The average Bonchev–Trinajstić information content (AvgIpc) is 2.47. The topological polar surface area (TPSA) is 70.0 Å². The van der Waals surface area contributed by atoms with E-state index in [0.29, 0.717) is 5.69 Å². The molecule has 0 atom stereocenters. The van der Waals surface area contributed by atoms with E-state index in [1.165, 1.54) is 12.1 Å². The SMILES string of the molecule is CCc1cccc(NS(=O)(=O)c2ccccc2C#N)c1. The molecule has 0 heterocycles. The zero-order valence-electron chi connectivity index (χ0n) is 11.0. The van der Waals surface area contributed by atoms with Crippen molar-refractivity contribution in [3.63, 3.8) is 0 Å². The summed E-state index contributed by atoms with van der Waals surface area (Å²) in [5, 5.41) is 8.99. The van der Waals surface area contributed by atoms with Crippen molar-refractivity contribution in [1.29, 1.82) is 5.26 Å². The fraction of sp³-hybridized carbons (Fsp3) is 0.133. The molecule has 2 aromatic rings. The van der Waals surface area contributed by atoms with Gasteiger partial charge in [0.15, 0.2) is 0 Å². The number of anilines is 1. The molecule has 0 unspecified atom stereocenters. The largest absolute Gasteiger partial charge is 0.280 e. The normalized spacial score (nSPS) is 10.8. The van der Waals surface area contributed by atoms with Gasteiger partial charge in [0, 0.05) is 5.69 Å². The first-order valence-electron chi connectivity index (χ1n) is 6.17. The second-order valence-electron chi connectivity index (χ2n) is 4.27. The minimum atomic E-state index is -3.75. The van der Waals surface area contributed by atoms with Crippen LogP contribution in [0, 0.1) is 11.3 Å². The summed E-state index contributed by atoms with van der Waals surface area (Å²) in [5.74, 6) is 0. The van der Waals surface area contributed by atoms with E-state index in [2.05, 4.69) is 4.72 Å². The molecule has 0 aliphatic carbocycles. The van der Waals surface area contributed by atoms with Crippen molar-refractivity contribution >= 4 is 15.7 Å². The Hall–Kier alpha value is -2.32. The number of nitrogens with one attached hydrogen (secondary N) is 1. The van der Waals surface area contributed by atoms with E-state index < -0.39 is 10.0 Å². The van der Waals surface area contributed by atoms with Crippen LogP contribution >= 0.6 is 0 Å². The van der Waals surface area contributed by atoms with Crippen LogP contribution in [0.25, 0.3) is 0 Å². The number of sulfonamides is 1. The maximum Gasteiger partial charge on any atom is 0.263 e. The van der Waals surface area contributed by atoms with Gasteiger partial charge in [-0.15, -0.1) is 0 Å². The summed E-state index contributed by atoms with van der Waals surface area (Å²) in [6.07, 6.45) is 0.824. The number of nitriles is 1. The maximum atomic E-state index is 12.3. The fourth-order valence-corrected chi connectivity index (χ4v) is 3.07. The third-order valence-electron chi connectivity index (χ3n) is 2.88. The van der Waals surface area contributed by atoms with Crippen LogP contribution in [0.5, 0.6) is 0 Å². The molecule has 0 saturated carbocycles. The van der Waals surface area contributed by atoms with Crippen LogP contribution in [-0.4, -0.2) is 8.42 Å². The Morgan fingerprint density at radius 1 is 1.15 bits per heavy atom. The van der Waals surface area contributed by atoms with Crippen molar-refractivity contribution < 1.29 is 8.42 Å². The van der Waals surface area contributed by atoms with Crippen LogP contribution in [-0.2, 0) is 16.4 Å². The molecular weight excluding hydrogens is 272 g/mol. The van der Waals surface area contributed by atoms with Gasteiger partial charge in [-0.05, 0) is 36.2 Å². The third kappa shape index (κ3) is 2.98. The Morgan fingerprint density at radius 2 is 1.90 bits per heavy atom. The molecule has 0 aliphatic heterocycles. The summed E-state index contributed by atoms with van der Waals surface area (Å²) in [6, 6.07) is 15.2. The lowest BCUT2D eigenvalue weighted by molar-refractivity contribution is 0.601. The molecule has 0 radical (unpaired) electrons. The molecule has 1 N–H and O–H groups in total. The van der Waals surface area contributed by atoms with E-state index in [4.69, 9.17) is 5.26 Å². The van der Waals surface area contributed by atoms with Crippen molar-refractivity contribution in [2.24, 2.45) is 0 Å². The first-order valence-corrected chi connectivity index (χ1v) is 7.66. The first-order chi connectivity index (χ1) is 9.56. The number of hydrogen-bond donors (Lipinski definition) is 1. The molecule has 4 nitrogen and oxygen atoms in total.